The average Bonchev–Trinajstić information content (AvgIpc) is 2.95. The van der Waals surface area contributed by atoms with E-state index in [4.69, 9.17) is 14.2 Å². The van der Waals surface area contributed by atoms with Crippen molar-refractivity contribution >= 4 is 17.4 Å². The van der Waals surface area contributed by atoms with Gasteiger partial charge in [0.25, 0.3) is 0 Å². The summed E-state index contributed by atoms with van der Waals surface area (Å²) in [4.78, 5) is 0. The van der Waals surface area contributed by atoms with Crippen molar-refractivity contribution in [2.24, 2.45) is 5.16 Å². The maximum absolute atomic E-state index is 9.95. The van der Waals surface area contributed by atoms with Gasteiger partial charge in [-0.1, -0.05) is 96.2 Å². The lowest BCUT2D eigenvalue weighted by atomic mass is 9.92. The van der Waals surface area contributed by atoms with E-state index < -0.39 is 0 Å². The van der Waals surface area contributed by atoms with Crippen molar-refractivity contribution in [1.29, 1.82) is 0 Å². The molecule has 37 heavy (non-hydrogen) atoms. The Morgan fingerprint density at radius 3 is 2.14 bits per heavy atom. The molecule has 5 heteroatoms. The Bertz CT molecular complexity index is 1440. The molecule has 1 heterocycles. The van der Waals surface area contributed by atoms with E-state index in [9.17, 15) is 5.21 Å². The molecule has 4 aromatic rings. The monoisotopic (exact) mass is 489 g/mol. The van der Waals surface area contributed by atoms with Gasteiger partial charge in [-0.05, 0) is 41.0 Å². The molecule has 0 amide bonds. The first kappa shape index (κ1) is 23.9. The first-order valence-corrected chi connectivity index (χ1v) is 12.0. The molecule has 0 bridgehead atoms. The molecule has 0 aromatic heterocycles. The molecule has 1 fully saturated rings. The number of rotatable bonds is 8. The molecule has 5 nitrogen and oxygen atoms in total. The lowest BCUT2D eigenvalue weighted by molar-refractivity contribution is 0.275. The molecule has 0 unspecified atom stereocenters. The molecule has 1 N–H and O–H groups in total. The number of oxime groups is 1. The fourth-order valence-electron chi connectivity index (χ4n) is 4.20. The van der Waals surface area contributed by atoms with Crippen molar-refractivity contribution in [1.82, 2.24) is 0 Å². The first-order chi connectivity index (χ1) is 18.2. The van der Waals surface area contributed by atoms with Crippen LogP contribution in [0.25, 0.3) is 11.6 Å². The number of nitrogens with zero attached hydrogens (tertiary/aromatic N) is 1. The maximum atomic E-state index is 9.95. The number of para-hydroxylation sites is 1. The van der Waals surface area contributed by atoms with E-state index in [1.807, 2.05) is 103 Å². The molecule has 1 saturated heterocycles. The Labute approximate surface area is 216 Å². The van der Waals surface area contributed by atoms with Crippen LogP contribution in [0.5, 0.6) is 11.5 Å². The molecular weight excluding hydrogens is 462 g/mol. The number of hydrogen-bond donors (Lipinski definition) is 1. The second-order valence-corrected chi connectivity index (χ2v) is 8.57. The summed E-state index contributed by atoms with van der Waals surface area (Å²) in [6.07, 6.45) is 2.42. The Hall–Kier alpha value is -4.77. The quantitative estimate of drug-likeness (QED) is 0.211. The Balaban J connectivity index is 1.51. The molecule has 1 aliphatic heterocycles. The molecule has 1 aliphatic rings. The second-order valence-electron chi connectivity index (χ2n) is 8.57. The van der Waals surface area contributed by atoms with Gasteiger partial charge < -0.3 is 19.4 Å². The van der Waals surface area contributed by atoms with Crippen LogP contribution in [0.2, 0.25) is 0 Å². The van der Waals surface area contributed by atoms with Gasteiger partial charge in [0.2, 0.25) is 0 Å². The van der Waals surface area contributed by atoms with Gasteiger partial charge in [0.1, 0.15) is 18.1 Å². The predicted molar refractivity (Wildman–Crippen MR) is 146 cm³/mol. The summed E-state index contributed by atoms with van der Waals surface area (Å²) in [5.41, 5.74) is 5.27. The molecule has 0 saturated carbocycles. The van der Waals surface area contributed by atoms with E-state index in [-0.39, 0.29) is 0 Å². The van der Waals surface area contributed by atoms with Gasteiger partial charge in [-0.3, -0.25) is 0 Å². The van der Waals surface area contributed by atoms with Gasteiger partial charge in [-0.2, -0.15) is 0 Å². The van der Waals surface area contributed by atoms with Crippen molar-refractivity contribution in [3.63, 3.8) is 0 Å². The van der Waals surface area contributed by atoms with Gasteiger partial charge in [0.05, 0.1) is 7.11 Å². The molecule has 5 rings (SSSR count). The van der Waals surface area contributed by atoms with Crippen molar-refractivity contribution in [2.45, 2.75) is 13.0 Å². The highest BCUT2D eigenvalue weighted by Crippen LogP contribution is 2.39. The number of benzene rings is 4. The topological polar surface area (TPSA) is 60.3 Å². The first-order valence-electron chi connectivity index (χ1n) is 12.0. The van der Waals surface area contributed by atoms with E-state index in [0.717, 1.165) is 39.3 Å². The maximum Gasteiger partial charge on any atom is 0.187 e. The lowest BCUT2D eigenvalue weighted by Gasteiger charge is -2.28. The summed E-state index contributed by atoms with van der Waals surface area (Å²) in [5, 5.41) is 13.5. The van der Waals surface area contributed by atoms with Crippen LogP contribution in [0.3, 0.4) is 0 Å². The smallest absolute Gasteiger partial charge is 0.187 e. The van der Waals surface area contributed by atoms with Crippen LogP contribution < -0.4 is 9.47 Å². The van der Waals surface area contributed by atoms with Gasteiger partial charge in [-0.15, -0.1) is 0 Å². The third-order valence-electron chi connectivity index (χ3n) is 6.12. The predicted octanol–water partition coefficient (Wildman–Crippen LogP) is 7.13. The lowest BCUT2D eigenvalue weighted by Crippen LogP contribution is -2.25. The Morgan fingerprint density at radius 2 is 1.46 bits per heavy atom. The van der Waals surface area contributed by atoms with E-state index in [2.05, 4.69) is 17.3 Å². The van der Waals surface area contributed by atoms with Crippen molar-refractivity contribution < 1.29 is 19.4 Å². The third kappa shape index (κ3) is 5.57. The molecular formula is C32H27NO4. The fourth-order valence-corrected chi connectivity index (χ4v) is 4.20. The standard InChI is InChI=1S/C32H27NO4/c1-35-26-18-16-24(17-19-26)21-30-31(33-34)32(37-30)28(20-23-10-4-2-5-11-23)27-14-8-9-15-29(27)36-22-25-12-6-3-7-13-25/h2-19,21,34H,20,22H2,1H3/b30-21-,32-28-,33-31+. The highest BCUT2D eigenvalue weighted by atomic mass is 16.5. The second kappa shape index (κ2) is 11.3. The van der Waals surface area contributed by atoms with Crippen LogP contribution in [0.1, 0.15) is 22.3 Å². The minimum absolute atomic E-state index is 0.402. The Kier molecular flexibility index (Phi) is 7.32. The number of ether oxygens (including phenoxy) is 3. The van der Waals surface area contributed by atoms with Crippen LogP contribution in [-0.2, 0) is 17.8 Å². The van der Waals surface area contributed by atoms with Gasteiger partial charge in [-0.25, -0.2) is 0 Å². The highest BCUT2D eigenvalue weighted by molar-refractivity contribution is 6.21. The van der Waals surface area contributed by atoms with Crippen molar-refractivity contribution in [3.8, 4) is 11.5 Å². The minimum Gasteiger partial charge on any atom is -0.497 e. The van der Waals surface area contributed by atoms with Crippen LogP contribution in [0.15, 0.2) is 126 Å². The van der Waals surface area contributed by atoms with Gasteiger partial charge in [0, 0.05) is 17.6 Å². The third-order valence-corrected chi connectivity index (χ3v) is 6.12. The number of methoxy groups -OCH3 is 1. The zero-order valence-corrected chi connectivity index (χ0v) is 20.5. The largest absolute Gasteiger partial charge is 0.497 e. The zero-order valence-electron chi connectivity index (χ0n) is 20.5. The minimum atomic E-state index is 0.402. The van der Waals surface area contributed by atoms with E-state index in [1.54, 1.807) is 7.11 Å². The number of hydrogen-bond acceptors (Lipinski definition) is 5. The molecule has 0 spiro atoms. The molecule has 0 atom stereocenters. The SMILES string of the molecule is COc1ccc(\C=C2/OC(=C(/Cc3ccccc3)c3ccccc3OCc3ccccc3)/C2=N/O)cc1. The van der Waals surface area contributed by atoms with Crippen molar-refractivity contribution in [2.75, 3.05) is 7.11 Å². The summed E-state index contributed by atoms with van der Waals surface area (Å²) < 4.78 is 17.7. The van der Waals surface area contributed by atoms with Gasteiger partial charge in [0.15, 0.2) is 17.2 Å². The van der Waals surface area contributed by atoms with Crippen LogP contribution in [0.4, 0.5) is 0 Å². The molecule has 0 radical (unpaired) electrons. The highest BCUT2D eigenvalue weighted by Gasteiger charge is 2.34. The normalized spacial score (nSPS) is 16.1. The summed E-state index contributed by atoms with van der Waals surface area (Å²) in [6, 6.07) is 35.7. The van der Waals surface area contributed by atoms with Gasteiger partial charge >= 0.3 is 0 Å². The number of allylic oxidation sites excluding steroid dienone is 1. The van der Waals surface area contributed by atoms with Crippen LogP contribution in [0, 0.1) is 0 Å². The molecule has 184 valence electrons. The van der Waals surface area contributed by atoms with Crippen LogP contribution >= 0.6 is 0 Å². The van der Waals surface area contributed by atoms with E-state index in [0.29, 0.717) is 30.3 Å². The summed E-state index contributed by atoms with van der Waals surface area (Å²) >= 11 is 0. The van der Waals surface area contributed by atoms with E-state index >= 15 is 0 Å². The van der Waals surface area contributed by atoms with Crippen LogP contribution in [-0.4, -0.2) is 18.0 Å². The fraction of sp³-hybridized carbons (Fsp3) is 0.0938. The summed E-state index contributed by atoms with van der Waals surface area (Å²) in [7, 11) is 1.63. The average molecular weight is 490 g/mol. The Morgan fingerprint density at radius 1 is 0.811 bits per heavy atom. The van der Waals surface area contributed by atoms with Crippen molar-refractivity contribution in [3.05, 3.63) is 143 Å². The molecule has 4 aromatic carbocycles. The zero-order chi connectivity index (χ0) is 25.5. The summed E-state index contributed by atoms with van der Waals surface area (Å²) in [5.74, 6) is 2.53. The van der Waals surface area contributed by atoms with E-state index in [1.165, 1.54) is 0 Å². The molecule has 0 aliphatic carbocycles. The summed E-state index contributed by atoms with van der Waals surface area (Å²) in [6.45, 7) is 0.441.